The van der Waals surface area contributed by atoms with Crippen LogP contribution >= 0.6 is 15.9 Å². The minimum atomic E-state index is -0.407. The second-order valence-corrected chi connectivity index (χ2v) is 4.84. The van der Waals surface area contributed by atoms with Crippen molar-refractivity contribution < 1.29 is 13.5 Å². The highest BCUT2D eigenvalue weighted by atomic mass is 79.9. The number of benzene rings is 2. The van der Waals surface area contributed by atoms with Crippen LogP contribution < -0.4 is 10.5 Å². The van der Waals surface area contributed by atoms with Gasteiger partial charge in [0.15, 0.2) is 0 Å². The molecule has 0 amide bonds. The third-order valence-electron chi connectivity index (χ3n) is 2.67. The monoisotopic (exact) mass is 327 g/mol. The van der Waals surface area contributed by atoms with Crippen molar-refractivity contribution in [1.82, 2.24) is 0 Å². The first-order chi connectivity index (χ1) is 9.10. The molecule has 100 valence electrons. The van der Waals surface area contributed by atoms with E-state index in [0.29, 0.717) is 22.3 Å². The second-order valence-electron chi connectivity index (χ2n) is 3.98. The molecule has 0 saturated heterocycles. The van der Waals surface area contributed by atoms with Crippen LogP contribution in [0.25, 0.3) is 0 Å². The predicted octanol–water partition coefficient (Wildman–Crippen LogP) is 3.77. The van der Waals surface area contributed by atoms with Crippen molar-refractivity contribution in [2.24, 2.45) is 5.73 Å². The number of ether oxygens (including phenoxy) is 1. The molecule has 0 radical (unpaired) electrons. The van der Waals surface area contributed by atoms with E-state index in [2.05, 4.69) is 15.9 Å². The molecule has 2 nitrogen and oxygen atoms in total. The SMILES string of the molecule is NCc1ccc(F)cc1COc1ccc(Br)c(F)c1. The van der Waals surface area contributed by atoms with Crippen molar-refractivity contribution in [3.8, 4) is 5.75 Å². The second kappa shape index (κ2) is 6.12. The molecule has 0 unspecified atom stereocenters. The molecule has 0 aliphatic rings. The highest BCUT2D eigenvalue weighted by Gasteiger charge is 2.06. The first-order valence-electron chi connectivity index (χ1n) is 5.65. The molecule has 0 aliphatic carbocycles. The first-order valence-corrected chi connectivity index (χ1v) is 6.44. The van der Waals surface area contributed by atoms with Crippen LogP contribution in [0.5, 0.6) is 5.75 Å². The van der Waals surface area contributed by atoms with E-state index in [-0.39, 0.29) is 12.4 Å². The zero-order chi connectivity index (χ0) is 13.8. The smallest absolute Gasteiger partial charge is 0.141 e. The maximum atomic E-state index is 13.3. The summed E-state index contributed by atoms with van der Waals surface area (Å²) in [4.78, 5) is 0. The number of hydrogen-bond acceptors (Lipinski definition) is 2. The van der Waals surface area contributed by atoms with Crippen molar-refractivity contribution >= 4 is 15.9 Å². The quantitative estimate of drug-likeness (QED) is 0.927. The molecule has 0 bridgehead atoms. The van der Waals surface area contributed by atoms with Crippen molar-refractivity contribution in [1.29, 1.82) is 0 Å². The molecule has 0 aromatic heterocycles. The summed E-state index contributed by atoms with van der Waals surface area (Å²) < 4.78 is 32.3. The summed E-state index contributed by atoms with van der Waals surface area (Å²) in [5.74, 6) is -0.374. The lowest BCUT2D eigenvalue weighted by atomic mass is 10.1. The standard InChI is InChI=1S/C14H12BrF2NO/c15-13-4-3-12(6-14(13)17)19-8-10-5-11(16)2-1-9(10)7-18/h1-6H,7-8,18H2. The predicted molar refractivity (Wildman–Crippen MR) is 72.7 cm³/mol. The van der Waals surface area contributed by atoms with Crippen LogP contribution in [0.1, 0.15) is 11.1 Å². The largest absolute Gasteiger partial charge is 0.489 e. The highest BCUT2D eigenvalue weighted by Crippen LogP contribution is 2.22. The van der Waals surface area contributed by atoms with E-state index in [1.165, 1.54) is 18.2 Å². The van der Waals surface area contributed by atoms with Gasteiger partial charge in [0.25, 0.3) is 0 Å². The Balaban J connectivity index is 2.13. The van der Waals surface area contributed by atoms with Gasteiger partial charge in [-0.2, -0.15) is 0 Å². The molecule has 2 aromatic rings. The topological polar surface area (TPSA) is 35.2 Å². The molecule has 5 heteroatoms. The van der Waals surface area contributed by atoms with Crippen molar-refractivity contribution in [3.63, 3.8) is 0 Å². The van der Waals surface area contributed by atoms with E-state index in [1.807, 2.05) is 0 Å². The van der Waals surface area contributed by atoms with Crippen LogP contribution in [0.3, 0.4) is 0 Å². The Morgan fingerprint density at radius 2 is 1.84 bits per heavy atom. The van der Waals surface area contributed by atoms with Gasteiger partial charge in [-0.05, 0) is 51.3 Å². The van der Waals surface area contributed by atoms with Crippen molar-refractivity contribution in [3.05, 3.63) is 63.6 Å². The van der Waals surface area contributed by atoms with Gasteiger partial charge in [-0.25, -0.2) is 8.78 Å². The van der Waals surface area contributed by atoms with Gasteiger partial charge in [0.1, 0.15) is 24.0 Å². The number of hydrogen-bond donors (Lipinski definition) is 1. The lowest BCUT2D eigenvalue weighted by Crippen LogP contribution is -2.05. The Bertz CT molecular complexity index is 590. The summed E-state index contributed by atoms with van der Waals surface area (Å²) in [5.41, 5.74) is 7.03. The van der Waals surface area contributed by atoms with Gasteiger partial charge in [-0.1, -0.05) is 6.07 Å². The van der Waals surface area contributed by atoms with Gasteiger partial charge >= 0.3 is 0 Å². The molecule has 0 spiro atoms. The van der Waals surface area contributed by atoms with E-state index in [0.717, 1.165) is 5.56 Å². The van der Waals surface area contributed by atoms with Gasteiger partial charge in [-0.3, -0.25) is 0 Å². The lowest BCUT2D eigenvalue weighted by molar-refractivity contribution is 0.302. The molecule has 0 atom stereocenters. The third kappa shape index (κ3) is 3.52. The Hall–Kier alpha value is -1.46. The van der Waals surface area contributed by atoms with Gasteiger partial charge in [0.05, 0.1) is 4.47 Å². The van der Waals surface area contributed by atoms with E-state index >= 15 is 0 Å². The Morgan fingerprint density at radius 1 is 1.05 bits per heavy atom. The molecule has 2 aromatic carbocycles. The summed E-state index contributed by atoms with van der Waals surface area (Å²) >= 11 is 3.06. The normalized spacial score (nSPS) is 10.5. The van der Waals surface area contributed by atoms with Crippen LogP contribution in [0, 0.1) is 11.6 Å². The molecular weight excluding hydrogens is 316 g/mol. The van der Waals surface area contributed by atoms with E-state index in [1.54, 1.807) is 18.2 Å². The summed E-state index contributed by atoms with van der Waals surface area (Å²) in [6, 6.07) is 8.80. The minimum Gasteiger partial charge on any atom is -0.489 e. The fourth-order valence-electron chi connectivity index (χ4n) is 1.66. The number of halogens is 3. The average molecular weight is 328 g/mol. The van der Waals surface area contributed by atoms with Crippen LogP contribution in [-0.4, -0.2) is 0 Å². The maximum absolute atomic E-state index is 13.3. The van der Waals surface area contributed by atoms with Crippen molar-refractivity contribution in [2.75, 3.05) is 0 Å². The molecule has 0 heterocycles. The van der Waals surface area contributed by atoms with Gasteiger partial charge in [0.2, 0.25) is 0 Å². The molecule has 0 fully saturated rings. The Labute approximate surface area is 118 Å². The van der Waals surface area contributed by atoms with E-state index < -0.39 is 5.82 Å². The molecular formula is C14H12BrF2NO. The average Bonchev–Trinajstić information content (AvgIpc) is 2.40. The molecule has 19 heavy (non-hydrogen) atoms. The zero-order valence-corrected chi connectivity index (χ0v) is 11.6. The zero-order valence-electron chi connectivity index (χ0n) is 10.00. The summed E-state index contributed by atoms with van der Waals surface area (Å²) in [7, 11) is 0. The van der Waals surface area contributed by atoms with Crippen LogP contribution in [0.4, 0.5) is 8.78 Å². The summed E-state index contributed by atoms with van der Waals surface area (Å²) in [5, 5.41) is 0. The van der Waals surface area contributed by atoms with Crippen molar-refractivity contribution in [2.45, 2.75) is 13.2 Å². The minimum absolute atomic E-state index is 0.144. The molecule has 0 saturated carbocycles. The Morgan fingerprint density at radius 3 is 2.53 bits per heavy atom. The van der Waals surface area contributed by atoms with E-state index in [4.69, 9.17) is 10.5 Å². The summed E-state index contributed by atoms with van der Waals surface area (Å²) in [6.07, 6.45) is 0. The highest BCUT2D eigenvalue weighted by molar-refractivity contribution is 9.10. The lowest BCUT2D eigenvalue weighted by Gasteiger charge is -2.10. The Kier molecular flexibility index (Phi) is 4.50. The molecule has 2 N–H and O–H groups in total. The fourth-order valence-corrected chi connectivity index (χ4v) is 1.90. The van der Waals surface area contributed by atoms with Crippen LogP contribution in [0.2, 0.25) is 0 Å². The van der Waals surface area contributed by atoms with Gasteiger partial charge in [0, 0.05) is 12.6 Å². The number of nitrogens with two attached hydrogens (primary N) is 1. The third-order valence-corrected chi connectivity index (χ3v) is 3.32. The fraction of sp³-hybridized carbons (Fsp3) is 0.143. The first kappa shape index (κ1) is 14.0. The molecule has 0 aliphatic heterocycles. The van der Waals surface area contributed by atoms with Crippen LogP contribution in [0.15, 0.2) is 40.9 Å². The van der Waals surface area contributed by atoms with E-state index in [9.17, 15) is 8.78 Å². The summed E-state index contributed by atoms with van der Waals surface area (Å²) in [6.45, 7) is 0.443. The number of rotatable bonds is 4. The molecule has 2 rings (SSSR count). The van der Waals surface area contributed by atoms with Gasteiger partial charge < -0.3 is 10.5 Å². The van der Waals surface area contributed by atoms with Crippen LogP contribution in [-0.2, 0) is 13.2 Å². The maximum Gasteiger partial charge on any atom is 0.141 e. The van der Waals surface area contributed by atoms with Gasteiger partial charge in [-0.15, -0.1) is 0 Å².